The van der Waals surface area contributed by atoms with E-state index in [1.165, 1.54) is 5.56 Å². The van der Waals surface area contributed by atoms with Crippen molar-refractivity contribution in [1.29, 1.82) is 0 Å². The molecule has 21 heavy (non-hydrogen) atoms. The quantitative estimate of drug-likeness (QED) is 0.848. The van der Waals surface area contributed by atoms with Gasteiger partial charge in [-0.1, -0.05) is 36.7 Å². The Balaban J connectivity index is 2.07. The minimum absolute atomic E-state index is 0.143. The smallest absolute Gasteiger partial charge is 0.264 e. The van der Waals surface area contributed by atoms with Crippen molar-refractivity contribution in [3.05, 3.63) is 41.0 Å². The molecule has 0 bridgehead atoms. The normalized spacial score (nSPS) is 12.4. The first-order valence-corrected chi connectivity index (χ1v) is 7.41. The molecule has 2 rings (SSSR count). The summed E-state index contributed by atoms with van der Waals surface area (Å²) < 4.78 is 11.0. The number of rotatable bonds is 7. The third-order valence-electron chi connectivity index (χ3n) is 3.40. The Bertz CT molecular complexity index is 581. The van der Waals surface area contributed by atoms with Crippen molar-refractivity contribution in [3.8, 4) is 5.75 Å². The Labute approximate surface area is 125 Å². The lowest BCUT2D eigenvalue weighted by molar-refractivity contribution is 0.240. The second-order valence-corrected chi connectivity index (χ2v) is 5.23. The molecule has 0 spiro atoms. The summed E-state index contributed by atoms with van der Waals surface area (Å²) in [5, 5.41) is 3.86. The van der Waals surface area contributed by atoms with Crippen molar-refractivity contribution in [1.82, 2.24) is 10.1 Å². The summed E-state index contributed by atoms with van der Waals surface area (Å²) in [6.45, 7) is 6.42. The van der Waals surface area contributed by atoms with Crippen LogP contribution in [0.15, 0.2) is 22.7 Å². The Morgan fingerprint density at radius 2 is 2.14 bits per heavy atom. The highest BCUT2D eigenvalue weighted by atomic mass is 16.5. The van der Waals surface area contributed by atoms with Crippen molar-refractivity contribution in [2.75, 3.05) is 0 Å². The Hall–Kier alpha value is -1.88. The van der Waals surface area contributed by atoms with Gasteiger partial charge in [0.25, 0.3) is 5.89 Å². The van der Waals surface area contributed by atoms with Crippen LogP contribution >= 0.6 is 0 Å². The number of hydrogen-bond donors (Lipinski definition) is 1. The molecule has 0 saturated heterocycles. The van der Waals surface area contributed by atoms with Crippen LogP contribution in [0.25, 0.3) is 0 Å². The van der Waals surface area contributed by atoms with Gasteiger partial charge in [0.15, 0.2) is 12.4 Å². The highest BCUT2D eigenvalue weighted by molar-refractivity contribution is 5.37. The maximum absolute atomic E-state index is 6.06. The van der Waals surface area contributed by atoms with Crippen LogP contribution < -0.4 is 10.5 Å². The molecule has 1 atom stereocenters. The summed E-state index contributed by atoms with van der Waals surface area (Å²) in [5.41, 5.74) is 8.38. The van der Waals surface area contributed by atoms with Gasteiger partial charge in [-0.15, -0.1) is 0 Å². The maximum atomic E-state index is 6.06. The fourth-order valence-corrected chi connectivity index (χ4v) is 2.07. The van der Waals surface area contributed by atoms with Crippen LogP contribution in [-0.4, -0.2) is 16.2 Å². The summed E-state index contributed by atoms with van der Waals surface area (Å²) in [6, 6.07) is 6.27. The molecular formula is C16H23N3O2. The molecule has 114 valence electrons. The Kier molecular flexibility index (Phi) is 5.33. The molecule has 1 aromatic carbocycles. The molecule has 0 amide bonds. The van der Waals surface area contributed by atoms with Crippen LogP contribution in [-0.2, 0) is 19.4 Å². The molecule has 5 nitrogen and oxygen atoms in total. The van der Waals surface area contributed by atoms with E-state index in [4.69, 9.17) is 15.0 Å². The maximum Gasteiger partial charge on any atom is 0.264 e. The van der Waals surface area contributed by atoms with E-state index in [0.29, 0.717) is 11.7 Å². The van der Waals surface area contributed by atoms with Crippen LogP contribution in [0.3, 0.4) is 0 Å². The predicted octanol–water partition coefficient (Wildman–Crippen LogP) is 2.80. The first kappa shape index (κ1) is 15.5. The standard InChI is InChI=1S/C16H23N3O2/c1-4-13(17)9-12-8-11(3)6-7-14(12)20-10-16-18-15(5-2)19-21-16/h6-8,13H,4-5,9-10,17H2,1-3H3. The van der Waals surface area contributed by atoms with Gasteiger partial charge in [-0.2, -0.15) is 4.98 Å². The molecule has 1 aromatic heterocycles. The van der Waals surface area contributed by atoms with Gasteiger partial charge < -0.3 is 15.0 Å². The van der Waals surface area contributed by atoms with Gasteiger partial charge in [-0.25, -0.2) is 0 Å². The number of nitrogens with zero attached hydrogens (tertiary/aromatic N) is 2. The lowest BCUT2D eigenvalue weighted by Gasteiger charge is -2.14. The number of nitrogens with two attached hydrogens (primary N) is 1. The van der Waals surface area contributed by atoms with Crippen molar-refractivity contribution < 1.29 is 9.26 Å². The van der Waals surface area contributed by atoms with E-state index in [9.17, 15) is 0 Å². The molecule has 2 N–H and O–H groups in total. The van der Waals surface area contributed by atoms with Crippen molar-refractivity contribution >= 4 is 0 Å². The van der Waals surface area contributed by atoms with Crippen molar-refractivity contribution in [2.45, 2.75) is 52.7 Å². The zero-order valence-corrected chi connectivity index (χ0v) is 12.9. The largest absolute Gasteiger partial charge is 0.483 e. The predicted molar refractivity (Wildman–Crippen MR) is 81.2 cm³/mol. The second kappa shape index (κ2) is 7.22. The zero-order chi connectivity index (χ0) is 15.2. The third kappa shape index (κ3) is 4.29. The van der Waals surface area contributed by atoms with Gasteiger partial charge in [0.2, 0.25) is 0 Å². The fraction of sp³-hybridized carbons (Fsp3) is 0.500. The van der Waals surface area contributed by atoms with E-state index >= 15 is 0 Å². The minimum atomic E-state index is 0.143. The summed E-state index contributed by atoms with van der Waals surface area (Å²) in [5.74, 6) is 2.03. The number of ether oxygens (including phenoxy) is 1. The summed E-state index contributed by atoms with van der Waals surface area (Å²) in [6.07, 6.45) is 2.50. The van der Waals surface area contributed by atoms with Crippen molar-refractivity contribution in [3.63, 3.8) is 0 Å². The first-order valence-electron chi connectivity index (χ1n) is 7.41. The molecule has 0 saturated carbocycles. The van der Waals surface area contributed by atoms with Crippen LogP contribution in [0.5, 0.6) is 5.75 Å². The summed E-state index contributed by atoms with van der Waals surface area (Å²) in [7, 11) is 0. The molecule has 0 radical (unpaired) electrons. The highest BCUT2D eigenvalue weighted by Gasteiger charge is 2.11. The topological polar surface area (TPSA) is 74.2 Å². The van der Waals surface area contributed by atoms with E-state index in [2.05, 4.69) is 30.1 Å². The summed E-state index contributed by atoms with van der Waals surface area (Å²) in [4.78, 5) is 4.24. The molecule has 0 fully saturated rings. The molecular weight excluding hydrogens is 266 g/mol. The van der Waals surface area contributed by atoms with Gasteiger partial charge >= 0.3 is 0 Å². The Morgan fingerprint density at radius 3 is 2.81 bits per heavy atom. The average Bonchev–Trinajstić information content (AvgIpc) is 2.94. The van der Waals surface area contributed by atoms with E-state index in [0.717, 1.165) is 30.6 Å². The molecule has 1 unspecified atom stereocenters. The molecule has 0 aliphatic heterocycles. The zero-order valence-electron chi connectivity index (χ0n) is 12.9. The average molecular weight is 289 g/mol. The molecule has 0 aliphatic rings. The van der Waals surface area contributed by atoms with E-state index < -0.39 is 0 Å². The van der Waals surface area contributed by atoms with Gasteiger partial charge in [0, 0.05) is 12.5 Å². The number of hydrogen-bond acceptors (Lipinski definition) is 5. The third-order valence-corrected chi connectivity index (χ3v) is 3.40. The SMILES string of the molecule is CCc1noc(COc2ccc(C)cc2CC(N)CC)n1. The van der Waals surface area contributed by atoms with Gasteiger partial charge in [-0.05, 0) is 31.4 Å². The van der Waals surface area contributed by atoms with E-state index in [-0.39, 0.29) is 12.6 Å². The number of aromatic nitrogens is 2. The molecule has 2 aromatic rings. The summed E-state index contributed by atoms with van der Waals surface area (Å²) >= 11 is 0. The Morgan fingerprint density at radius 1 is 1.33 bits per heavy atom. The lowest BCUT2D eigenvalue weighted by atomic mass is 10.0. The fourth-order valence-electron chi connectivity index (χ4n) is 2.07. The first-order chi connectivity index (χ1) is 10.1. The number of benzene rings is 1. The van der Waals surface area contributed by atoms with Crippen LogP contribution in [0.4, 0.5) is 0 Å². The second-order valence-electron chi connectivity index (χ2n) is 5.23. The minimum Gasteiger partial charge on any atom is -0.483 e. The monoisotopic (exact) mass is 289 g/mol. The van der Waals surface area contributed by atoms with E-state index in [1.54, 1.807) is 0 Å². The van der Waals surface area contributed by atoms with E-state index in [1.807, 2.05) is 19.1 Å². The van der Waals surface area contributed by atoms with Gasteiger partial charge in [-0.3, -0.25) is 0 Å². The van der Waals surface area contributed by atoms with Gasteiger partial charge in [0.1, 0.15) is 5.75 Å². The number of aryl methyl sites for hydroxylation is 2. The van der Waals surface area contributed by atoms with Crippen LogP contribution in [0, 0.1) is 6.92 Å². The van der Waals surface area contributed by atoms with Crippen LogP contribution in [0.2, 0.25) is 0 Å². The highest BCUT2D eigenvalue weighted by Crippen LogP contribution is 2.23. The molecule has 0 aliphatic carbocycles. The lowest BCUT2D eigenvalue weighted by Crippen LogP contribution is -2.21. The molecule has 5 heteroatoms. The van der Waals surface area contributed by atoms with Crippen molar-refractivity contribution in [2.24, 2.45) is 5.73 Å². The molecule has 1 heterocycles. The van der Waals surface area contributed by atoms with Crippen LogP contribution in [0.1, 0.15) is 43.1 Å². The van der Waals surface area contributed by atoms with Gasteiger partial charge in [0.05, 0.1) is 0 Å².